The van der Waals surface area contributed by atoms with Crippen LogP contribution in [-0.2, 0) is 0 Å². The normalized spacial score (nSPS) is 11.4. The van der Waals surface area contributed by atoms with E-state index in [2.05, 4.69) is 15.0 Å². The maximum absolute atomic E-state index is 13.4. The smallest absolute Gasteiger partial charge is 0.191 e. The van der Waals surface area contributed by atoms with E-state index in [-0.39, 0.29) is 11.2 Å². The van der Waals surface area contributed by atoms with E-state index in [9.17, 15) is 9.18 Å². The molecule has 5 rings (SSSR count). The Kier molecular flexibility index (Phi) is 3.96. The van der Waals surface area contributed by atoms with Gasteiger partial charge in [0.2, 0.25) is 0 Å². The molecule has 0 saturated heterocycles. The number of nitrogens with one attached hydrogen (secondary N) is 1. The number of rotatable bonds is 2. The Labute approximate surface area is 167 Å². The van der Waals surface area contributed by atoms with Crippen LogP contribution in [0.25, 0.3) is 43.6 Å². The summed E-state index contributed by atoms with van der Waals surface area (Å²) in [6.45, 7) is 0. The number of benzene rings is 2. The minimum absolute atomic E-state index is 0.127. The topological polar surface area (TPSA) is 58.6 Å². The molecule has 1 N–H and O–H groups in total. The molecule has 0 amide bonds. The highest BCUT2D eigenvalue weighted by atomic mass is 35.5. The molecule has 0 bridgehead atoms. The molecule has 0 aliphatic rings. The van der Waals surface area contributed by atoms with Crippen molar-refractivity contribution < 1.29 is 4.39 Å². The third kappa shape index (κ3) is 2.78. The van der Waals surface area contributed by atoms with E-state index < -0.39 is 0 Å². The van der Waals surface area contributed by atoms with Gasteiger partial charge in [0.05, 0.1) is 31.8 Å². The molecule has 3 heterocycles. The summed E-state index contributed by atoms with van der Waals surface area (Å²) in [6.07, 6.45) is 1.56. The maximum atomic E-state index is 13.4. The molecule has 0 radical (unpaired) electrons. The lowest BCUT2D eigenvalue weighted by Crippen LogP contribution is -2.03. The predicted molar refractivity (Wildman–Crippen MR) is 111 cm³/mol. The minimum Gasteiger partial charge on any atom is -0.346 e. The fourth-order valence-electron chi connectivity index (χ4n) is 3.23. The van der Waals surface area contributed by atoms with Crippen LogP contribution in [0, 0.1) is 5.82 Å². The summed E-state index contributed by atoms with van der Waals surface area (Å²) < 4.78 is 14.4. The minimum atomic E-state index is -0.325. The third-order valence-corrected chi connectivity index (χ3v) is 5.63. The first kappa shape index (κ1) is 17.0. The molecule has 3 aromatic heterocycles. The molecule has 0 atom stereocenters. The number of thiazole rings is 1. The standard InChI is InChI=1S/C21H11ClFN3OS/c22-16-7-12(8-18-20(16)25-10-28-18)14-9-15-17(27)5-6-24-21(15)26-19(14)11-1-3-13(23)4-2-11/h1-10H,(H,24,26,27). The molecule has 0 aliphatic heterocycles. The molecule has 5 aromatic rings. The number of hydrogen-bond acceptors (Lipinski definition) is 4. The van der Waals surface area contributed by atoms with Gasteiger partial charge in [-0.05, 0) is 48.0 Å². The highest BCUT2D eigenvalue weighted by Gasteiger charge is 2.15. The summed E-state index contributed by atoms with van der Waals surface area (Å²) in [7, 11) is 0. The van der Waals surface area contributed by atoms with Crippen LogP contribution < -0.4 is 5.43 Å². The first-order chi connectivity index (χ1) is 13.6. The van der Waals surface area contributed by atoms with E-state index in [1.54, 1.807) is 29.9 Å². The molecule has 2 aromatic carbocycles. The third-order valence-electron chi connectivity index (χ3n) is 4.56. The summed E-state index contributed by atoms with van der Waals surface area (Å²) in [5.74, 6) is -0.325. The zero-order valence-electron chi connectivity index (χ0n) is 14.2. The molecular formula is C21H11ClFN3OS. The second kappa shape index (κ2) is 6.51. The van der Waals surface area contributed by atoms with Crippen LogP contribution in [0.2, 0.25) is 5.02 Å². The van der Waals surface area contributed by atoms with E-state index in [1.165, 1.54) is 29.5 Å². The van der Waals surface area contributed by atoms with Gasteiger partial charge in [-0.15, -0.1) is 11.3 Å². The van der Waals surface area contributed by atoms with Gasteiger partial charge >= 0.3 is 0 Å². The van der Waals surface area contributed by atoms with Gasteiger partial charge in [0.25, 0.3) is 0 Å². The van der Waals surface area contributed by atoms with Crippen molar-refractivity contribution in [3.05, 3.63) is 81.3 Å². The number of H-pyrrole nitrogens is 1. The van der Waals surface area contributed by atoms with Crippen LogP contribution in [0.1, 0.15) is 0 Å². The Morgan fingerprint density at radius 2 is 1.86 bits per heavy atom. The molecule has 28 heavy (non-hydrogen) atoms. The fourth-order valence-corrected chi connectivity index (χ4v) is 4.29. The molecule has 0 aliphatic carbocycles. The zero-order valence-corrected chi connectivity index (χ0v) is 15.8. The van der Waals surface area contributed by atoms with Crippen LogP contribution in [-0.4, -0.2) is 15.0 Å². The largest absolute Gasteiger partial charge is 0.346 e. The van der Waals surface area contributed by atoms with E-state index in [1.807, 2.05) is 12.1 Å². The molecule has 0 unspecified atom stereocenters. The van der Waals surface area contributed by atoms with Crippen molar-refractivity contribution in [2.45, 2.75) is 0 Å². The fraction of sp³-hybridized carbons (Fsp3) is 0. The second-order valence-corrected chi connectivity index (χ2v) is 7.58. The van der Waals surface area contributed by atoms with Gasteiger partial charge in [-0.25, -0.2) is 14.4 Å². The SMILES string of the molecule is O=c1cc[nH]c2nc(-c3ccc(F)cc3)c(-c3cc(Cl)c4ncsc4c3)cc12. The van der Waals surface area contributed by atoms with Gasteiger partial charge in [-0.1, -0.05) is 11.6 Å². The first-order valence-electron chi connectivity index (χ1n) is 8.42. The quantitative estimate of drug-likeness (QED) is 0.410. The van der Waals surface area contributed by atoms with Gasteiger partial charge in [0.15, 0.2) is 5.43 Å². The van der Waals surface area contributed by atoms with Crippen molar-refractivity contribution in [2.24, 2.45) is 0 Å². The van der Waals surface area contributed by atoms with Gasteiger partial charge in [-0.3, -0.25) is 4.79 Å². The highest BCUT2D eigenvalue weighted by molar-refractivity contribution is 7.16. The summed E-state index contributed by atoms with van der Waals surface area (Å²) in [6, 6.07) is 13.2. The maximum Gasteiger partial charge on any atom is 0.191 e. The average Bonchev–Trinajstić information content (AvgIpc) is 3.17. The molecule has 0 saturated carbocycles. The summed E-state index contributed by atoms with van der Waals surface area (Å²) in [5.41, 5.74) is 5.76. The lowest BCUT2D eigenvalue weighted by molar-refractivity contribution is 0.628. The Bertz CT molecular complexity index is 1410. The number of halogens is 2. The number of aromatic nitrogens is 3. The molecule has 4 nitrogen and oxygen atoms in total. The number of aromatic amines is 1. The molecule has 7 heteroatoms. The zero-order chi connectivity index (χ0) is 19.3. The van der Waals surface area contributed by atoms with Gasteiger partial charge < -0.3 is 4.98 Å². The van der Waals surface area contributed by atoms with Gasteiger partial charge in [0.1, 0.15) is 11.5 Å². The van der Waals surface area contributed by atoms with Crippen molar-refractivity contribution in [1.29, 1.82) is 0 Å². The van der Waals surface area contributed by atoms with Gasteiger partial charge in [0, 0.05) is 23.4 Å². The number of pyridine rings is 2. The summed E-state index contributed by atoms with van der Waals surface area (Å²) >= 11 is 7.92. The van der Waals surface area contributed by atoms with E-state index in [0.29, 0.717) is 21.7 Å². The van der Waals surface area contributed by atoms with E-state index in [4.69, 9.17) is 11.6 Å². The van der Waals surface area contributed by atoms with Crippen molar-refractivity contribution in [2.75, 3.05) is 0 Å². The van der Waals surface area contributed by atoms with E-state index >= 15 is 0 Å². The Morgan fingerprint density at radius 1 is 1.04 bits per heavy atom. The summed E-state index contributed by atoms with van der Waals surface area (Å²) in [4.78, 5) is 24.3. The number of hydrogen-bond donors (Lipinski definition) is 1. The Hall–Kier alpha value is -3.09. The first-order valence-corrected chi connectivity index (χ1v) is 9.67. The number of nitrogens with zero attached hydrogens (tertiary/aromatic N) is 2. The van der Waals surface area contributed by atoms with Crippen molar-refractivity contribution >= 4 is 44.2 Å². The second-order valence-electron chi connectivity index (χ2n) is 6.29. The lowest BCUT2D eigenvalue weighted by atomic mass is 9.98. The van der Waals surface area contributed by atoms with Crippen molar-refractivity contribution in [1.82, 2.24) is 15.0 Å². The van der Waals surface area contributed by atoms with E-state index in [0.717, 1.165) is 26.9 Å². The Balaban J connectivity index is 1.86. The lowest BCUT2D eigenvalue weighted by Gasteiger charge is -2.12. The Morgan fingerprint density at radius 3 is 2.68 bits per heavy atom. The van der Waals surface area contributed by atoms with Crippen molar-refractivity contribution in [3.63, 3.8) is 0 Å². The molecular weight excluding hydrogens is 397 g/mol. The number of fused-ring (bicyclic) bond motifs is 2. The van der Waals surface area contributed by atoms with Crippen LogP contribution >= 0.6 is 22.9 Å². The van der Waals surface area contributed by atoms with Gasteiger partial charge in [-0.2, -0.15) is 0 Å². The van der Waals surface area contributed by atoms with Crippen LogP contribution in [0.15, 0.2) is 65.0 Å². The van der Waals surface area contributed by atoms with Crippen LogP contribution in [0.4, 0.5) is 4.39 Å². The molecule has 136 valence electrons. The monoisotopic (exact) mass is 407 g/mol. The average molecular weight is 408 g/mol. The van der Waals surface area contributed by atoms with Crippen molar-refractivity contribution in [3.8, 4) is 22.4 Å². The van der Waals surface area contributed by atoms with Crippen LogP contribution in [0.5, 0.6) is 0 Å². The van der Waals surface area contributed by atoms with Crippen LogP contribution in [0.3, 0.4) is 0 Å². The molecule has 0 fully saturated rings. The summed E-state index contributed by atoms with van der Waals surface area (Å²) in [5, 5.41) is 1.00. The highest BCUT2D eigenvalue weighted by Crippen LogP contribution is 2.37. The predicted octanol–water partition coefficient (Wildman–Crippen LogP) is 5.66. The molecule has 0 spiro atoms.